The highest BCUT2D eigenvalue weighted by molar-refractivity contribution is 8.26. The number of ether oxygens (including phenoxy) is 1. The van der Waals surface area contributed by atoms with Gasteiger partial charge in [0.25, 0.3) is 11.6 Å². The molecule has 9 heteroatoms. The number of nitro benzene ring substituents is 1. The van der Waals surface area contributed by atoms with Crippen LogP contribution in [0, 0.1) is 10.1 Å². The Morgan fingerprint density at radius 1 is 1.22 bits per heavy atom. The smallest absolute Gasteiger partial charge is 0.269 e. The molecule has 1 heterocycles. The van der Waals surface area contributed by atoms with E-state index < -0.39 is 4.92 Å². The molecular weight excluding hydrogens is 386 g/mol. The van der Waals surface area contributed by atoms with Crippen molar-refractivity contribution in [1.29, 1.82) is 0 Å². The highest BCUT2D eigenvalue weighted by atomic mass is 32.2. The lowest BCUT2D eigenvalue weighted by Gasteiger charge is -2.16. The molecule has 1 aliphatic rings. The van der Waals surface area contributed by atoms with E-state index >= 15 is 0 Å². The van der Waals surface area contributed by atoms with E-state index in [9.17, 15) is 14.9 Å². The number of amides is 1. The Bertz CT molecular complexity index is 911. The van der Waals surface area contributed by atoms with Gasteiger partial charge < -0.3 is 10.1 Å². The van der Waals surface area contributed by atoms with Crippen molar-refractivity contribution in [2.24, 2.45) is 0 Å². The van der Waals surface area contributed by atoms with Gasteiger partial charge in [-0.25, -0.2) is 0 Å². The molecule has 2 aromatic carbocycles. The van der Waals surface area contributed by atoms with Crippen LogP contribution in [0.15, 0.2) is 53.4 Å². The Morgan fingerprint density at radius 2 is 1.89 bits per heavy atom. The number of thioether (sulfide) groups is 1. The Morgan fingerprint density at radius 3 is 2.48 bits per heavy atom. The van der Waals surface area contributed by atoms with Crippen LogP contribution < -0.4 is 10.1 Å². The highest BCUT2D eigenvalue weighted by Crippen LogP contribution is 2.32. The number of nitro groups is 1. The molecule has 138 valence electrons. The summed E-state index contributed by atoms with van der Waals surface area (Å²) in [6.45, 7) is 0.183. The fourth-order valence-corrected chi connectivity index (χ4v) is 3.61. The lowest BCUT2D eigenvalue weighted by atomic mass is 10.2. The molecule has 0 spiro atoms. The van der Waals surface area contributed by atoms with Crippen molar-refractivity contribution < 1.29 is 14.5 Å². The minimum atomic E-state index is -0.463. The second kappa shape index (κ2) is 8.19. The molecule has 2 aromatic rings. The van der Waals surface area contributed by atoms with Gasteiger partial charge in [0, 0.05) is 17.8 Å². The average molecular weight is 401 g/mol. The van der Waals surface area contributed by atoms with Crippen LogP contribution in [0.5, 0.6) is 5.75 Å². The third kappa shape index (κ3) is 4.44. The molecule has 0 unspecified atom stereocenters. The van der Waals surface area contributed by atoms with Gasteiger partial charge in [-0.3, -0.25) is 19.8 Å². The van der Waals surface area contributed by atoms with Gasteiger partial charge in [0.15, 0.2) is 0 Å². The number of methoxy groups -OCH3 is 1. The Balaban J connectivity index is 1.66. The first-order chi connectivity index (χ1) is 13.0. The number of thiocarbonyl (C=S) groups is 1. The molecule has 1 aliphatic heterocycles. The molecule has 27 heavy (non-hydrogen) atoms. The molecular formula is C18H15N3O4S2. The van der Waals surface area contributed by atoms with E-state index in [1.165, 1.54) is 28.8 Å². The first-order valence-corrected chi connectivity index (χ1v) is 9.08. The van der Waals surface area contributed by atoms with Crippen LogP contribution in [0.2, 0.25) is 0 Å². The van der Waals surface area contributed by atoms with Crippen molar-refractivity contribution in [3.63, 3.8) is 0 Å². The van der Waals surface area contributed by atoms with E-state index in [2.05, 4.69) is 5.32 Å². The monoisotopic (exact) mass is 401 g/mol. The van der Waals surface area contributed by atoms with Crippen LogP contribution in [-0.4, -0.2) is 33.8 Å². The lowest BCUT2D eigenvalue weighted by molar-refractivity contribution is -0.384. The van der Waals surface area contributed by atoms with Crippen molar-refractivity contribution in [3.05, 3.63) is 69.1 Å². The molecule has 7 nitrogen and oxygen atoms in total. The first kappa shape index (κ1) is 18.9. The van der Waals surface area contributed by atoms with Crippen molar-refractivity contribution in [2.45, 2.75) is 0 Å². The Hall–Kier alpha value is -2.91. The number of hydrogen-bond donors (Lipinski definition) is 1. The van der Waals surface area contributed by atoms with E-state index in [0.29, 0.717) is 14.9 Å². The van der Waals surface area contributed by atoms with Crippen LogP contribution in [0.25, 0.3) is 6.08 Å². The average Bonchev–Trinajstić information content (AvgIpc) is 2.94. The second-order valence-corrected chi connectivity index (χ2v) is 7.20. The van der Waals surface area contributed by atoms with Crippen molar-refractivity contribution in [3.8, 4) is 5.75 Å². The minimum absolute atomic E-state index is 0.00795. The molecule has 0 bridgehead atoms. The molecule has 0 atom stereocenters. The number of carbonyl (C=O) groups is 1. The van der Waals surface area contributed by atoms with E-state index in [0.717, 1.165) is 11.3 Å². The molecule has 0 aliphatic carbocycles. The van der Waals surface area contributed by atoms with Gasteiger partial charge in [-0.05, 0) is 35.9 Å². The minimum Gasteiger partial charge on any atom is -0.497 e. The lowest BCUT2D eigenvalue weighted by Crippen LogP contribution is -2.33. The van der Waals surface area contributed by atoms with Gasteiger partial charge in [0.2, 0.25) is 0 Å². The van der Waals surface area contributed by atoms with Crippen LogP contribution in [0.4, 0.5) is 11.4 Å². The summed E-state index contributed by atoms with van der Waals surface area (Å²) in [4.78, 5) is 24.8. The summed E-state index contributed by atoms with van der Waals surface area (Å²) in [5.41, 5.74) is 1.54. The number of nitrogens with zero attached hydrogens (tertiary/aromatic N) is 2. The highest BCUT2D eigenvalue weighted by Gasteiger charge is 2.31. The number of carbonyl (C=O) groups excluding carboxylic acids is 1. The van der Waals surface area contributed by atoms with Crippen molar-refractivity contribution in [1.82, 2.24) is 4.90 Å². The van der Waals surface area contributed by atoms with Gasteiger partial charge in [0.05, 0.1) is 23.6 Å². The maximum Gasteiger partial charge on any atom is 0.269 e. The molecule has 1 amide bonds. The van der Waals surface area contributed by atoms with Gasteiger partial charge in [-0.2, -0.15) is 0 Å². The zero-order valence-corrected chi connectivity index (χ0v) is 15.9. The third-order valence-corrected chi connectivity index (χ3v) is 5.18. The van der Waals surface area contributed by atoms with Gasteiger partial charge in [-0.15, -0.1) is 0 Å². The topological polar surface area (TPSA) is 84.7 Å². The Labute approximate surface area is 165 Å². The number of rotatable bonds is 6. The number of non-ortho nitro benzene ring substituents is 1. The third-order valence-electron chi connectivity index (χ3n) is 3.81. The summed E-state index contributed by atoms with van der Waals surface area (Å²) in [6.07, 6.45) is 1.78. The zero-order valence-electron chi connectivity index (χ0n) is 14.2. The molecule has 1 N–H and O–H groups in total. The number of nitrogens with one attached hydrogen (secondary N) is 1. The molecule has 1 saturated heterocycles. The Kier molecular flexibility index (Phi) is 5.72. The van der Waals surface area contributed by atoms with Gasteiger partial charge in [-0.1, -0.05) is 36.1 Å². The first-order valence-electron chi connectivity index (χ1n) is 7.85. The number of benzene rings is 2. The summed E-state index contributed by atoms with van der Waals surface area (Å²) in [7, 11) is 1.60. The number of hydrogen-bond acceptors (Lipinski definition) is 7. The van der Waals surface area contributed by atoms with E-state index in [1.807, 2.05) is 24.3 Å². The summed E-state index contributed by atoms with van der Waals surface area (Å²) in [5, 5.41) is 13.7. The fourth-order valence-electron chi connectivity index (χ4n) is 2.36. The van der Waals surface area contributed by atoms with Crippen molar-refractivity contribution in [2.75, 3.05) is 19.1 Å². The van der Waals surface area contributed by atoms with E-state index in [4.69, 9.17) is 17.0 Å². The van der Waals surface area contributed by atoms with Crippen molar-refractivity contribution >= 4 is 51.7 Å². The molecule has 0 aromatic heterocycles. The zero-order chi connectivity index (χ0) is 19.4. The standard InChI is InChI=1S/C18H15N3O4S2/c1-25-15-8-2-12(3-9-15)10-16-17(22)20(18(26)27-16)11-19-13-4-6-14(7-5-13)21(23)24/h2-10,19H,11H2,1H3. The van der Waals surface area contributed by atoms with Crippen LogP contribution in [-0.2, 0) is 4.79 Å². The largest absolute Gasteiger partial charge is 0.497 e. The van der Waals surface area contributed by atoms with Crippen LogP contribution in [0.3, 0.4) is 0 Å². The maximum absolute atomic E-state index is 12.6. The summed E-state index contributed by atoms with van der Waals surface area (Å²) < 4.78 is 5.57. The molecule has 0 radical (unpaired) electrons. The van der Waals surface area contributed by atoms with Crippen LogP contribution >= 0.6 is 24.0 Å². The fraction of sp³-hybridized carbons (Fsp3) is 0.111. The molecule has 0 saturated carbocycles. The predicted molar refractivity (Wildman–Crippen MR) is 110 cm³/mol. The molecule has 3 rings (SSSR count). The van der Waals surface area contributed by atoms with E-state index in [1.54, 1.807) is 25.3 Å². The summed E-state index contributed by atoms with van der Waals surface area (Å²) in [6, 6.07) is 13.3. The van der Waals surface area contributed by atoms with Crippen LogP contribution in [0.1, 0.15) is 5.56 Å². The summed E-state index contributed by atoms with van der Waals surface area (Å²) >= 11 is 6.54. The SMILES string of the molecule is COc1ccc(C=C2SC(=S)N(CNc3ccc([N+](=O)[O-])cc3)C2=O)cc1. The summed E-state index contributed by atoms with van der Waals surface area (Å²) in [5.74, 6) is 0.558. The van der Waals surface area contributed by atoms with Gasteiger partial charge in [0.1, 0.15) is 10.1 Å². The van der Waals surface area contributed by atoms with Gasteiger partial charge >= 0.3 is 0 Å². The number of anilines is 1. The normalized spacial score (nSPS) is 15.3. The maximum atomic E-state index is 12.6. The van der Waals surface area contributed by atoms with E-state index in [-0.39, 0.29) is 18.3 Å². The predicted octanol–water partition coefficient (Wildman–Crippen LogP) is 3.87. The second-order valence-electron chi connectivity index (χ2n) is 5.52. The quantitative estimate of drug-likeness (QED) is 0.340. The molecule has 1 fully saturated rings.